The molecule has 1 aromatic carbocycles. The van der Waals surface area contributed by atoms with Crippen molar-refractivity contribution in [2.45, 2.75) is 46.5 Å². The number of aryl methyl sites for hydroxylation is 2. The van der Waals surface area contributed by atoms with Crippen LogP contribution >= 0.6 is 12.4 Å². The van der Waals surface area contributed by atoms with Gasteiger partial charge in [-0.1, -0.05) is 32.9 Å². The summed E-state index contributed by atoms with van der Waals surface area (Å²) in [4.78, 5) is 4.49. The van der Waals surface area contributed by atoms with Gasteiger partial charge in [0.25, 0.3) is 0 Å². The van der Waals surface area contributed by atoms with Crippen LogP contribution in [0.25, 0.3) is 0 Å². The molecule has 0 spiro atoms. The molecule has 2 rings (SSSR count). The van der Waals surface area contributed by atoms with Crippen LogP contribution in [0, 0.1) is 13.8 Å². The maximum absolute atomic E-state index is 4.49. The third-order valence-electron chi connectivity index (χ3n) is 3.65. The minimum atomic E-state index is 0. The Hall–Kier alpha value is -0.397. The second-order valence-electron chi connectivity index (χ2n) is 6.27. The summed E-state index contributed by atoms with van der Waals surface area (Å²) >= 11 is 0. The summed E-state index contributed by atoms with van der Waals surface area (Å²) < 4.78 is 0. The topological polar surface area (TPSA) is 24.4 Å². The Labute approximate surface area is 142 Å². The minimum Gasteiger partial charge on any atom is -0.372 e. The average Bonchev–Trinajstić information content (AvgIpc) is 2.74. The summed E-state index contributed by atoms with van der Waals surface area (Å²) in [6.45, 7) is 13.2. The molecule has 0 radical (unpaired) electrons. The summed E-state index contributed by atoms with van der Waals surface area (Å²) in [5.74, 6) is 1.14. The van der Waals surface area contributed by atoms with Gasteiger partial charge in [-0.15, -0.1) is 12.4 Å². The number of rotatable bonds is 2. The van der Waals surface area contributed by atoms with Crippen LogP contribution < -0.4 is 5.32 Å². The molecule has 0 saturated heterocycles. The molecule has 2 nitrogen and oxygen atoms in total. The van der Waals surface area contributed by atoms with Crippen molar-refractivity contribution in [3.05, 3.63) is 34.4 Å². The largest absolute Gasteiger partial charge is 0.372 e. The smallest absolute Gasteiger partial charge is 0.101 e. The van der Waals surface area contributed by atoms with Gasteiger partial charge in [0.1, 0.15) is 5.84 Å². The van der Waals surface area contributed by atoms with Crippen molar-refractivity contribution in [1.82, 2.24) is 5.32 Å². The first-order valence-electron chi connectivity index (χ1n) is 6.76. The second-order valence-corrected chi connectivity index (χ2v) is 6.27. The molecule has 1 heterocycles. The average molecular weight is 346 g/mol. The fraction of sp³-hybridized carbons (Fsp3) is 0.562. The van der Waals surface area contributed by atoms with Gasteiger partial charge in [0.15, 0.2) is 0 Å². The predicted octanol–water partition coefficient (Wildman–Crippen LogP) is 3.56. The van der Waals surface area contributed by atoms with Gasteiger partial charge in [0, 0.05) is 32.4 Å². The normalized spacial score (nSPS) is 13.9. The van der Waals surface area contributed by atoms with E-state index in [-0.39, 0.29) is 37.3 Å². The number of nitrogens with one attached hydrogen (secondary N) is 1. The van der Waals surface area contributed by atoms with E-state index < -0.39 is 0 Å². The van der Waals surface area contributed by atoms with Gasteiger partial charge in [0.05, 0.1) is 6.54 Å². The molecule has 0 atom stereocenters. The van der Waals surface area contributed by atoms with Crippen LogP contribution in [0.1, 0.15) is 43.0 Å². The van der Waals surface area contributed by atoms with Gasteiger partial charge in [-0.25, -0.2) is 0 Å². The summed E-state index contributed by atoms with van der Waals surface area (Å²) in [7, 11) is 0. The van der Waals surface area contributed by atoms with Gasteiger partial charge >= 0.3 is 0 Å². The summed E-state index contributed by atoms with van der Waals surface area (Å²) in [5.41, 5.74) is 5.84. The zero-order valence-electron chi connectivity index (χ0n) is 13.3. The van der Waals surface area contributed by atoms with E-state index in [2.05, 4.69) is 57.1 Å². The Bertz CT molecular complexity index is 467. The van der Waals surface area contributed by atoms with Crippen molar-refractivity contribution in [2.24, 2.45) is 4.99 Å². The molecule has 1 aliphatic heterocycles. The molecule has 0 fully saturated rings. The van der Waals surface area contributed by atoms with Crippen molar-refractivity contribution in [3.63, 3.8) is 0 Å². The molecule has 1 aliphatic rings. The Kier molecular flexibility index (Phi) is 7.42. The zero-order valence-corrected chi connectivity index (χ0v) is 17.1. The van der Waals surface area contributed by atoms with Crippen LogP contribution in [0.5, 0.6) is 0 Å². The van der Waals surface area contributed by atoms with E-state index in [0.717, 1.165) is 25.3 Å². The van der Waals surface area contributed by atoms with Crippen LogP contribution in [0.3, 0.4) is 0 Å². The molecule has 1 aromatic rings. The van der Waals surface area contributed by atoms with Crippen molar-refractivity contribution in [1.29, 1.82) is 0 Å². The molecule has 0 unspecified atom stereocenters. The van der Waals surface area contributed by atoms with Crippen molar-refractivity contribution in [3.8, 4) is 0 Å². The van der Waals surface area contributed by atoms with E-state index in [0.29, 0.717) is 0 Å². The second kappa shape index (κ2) is 7.57. The number of nitrogens with zero attached hydrogens (tertiary/aromatic N) is 1. The van der Waals surface area contributed by atoms with Gasteiger partial charge in [-0.3, -0.25) is 4.99 Å². The van der Waals surface area contributed by atoms with Crippen LogP contribution in [0.15, 0.2) is 17.1 Å². The van der Waals surface area contributed by atoms with Crippen molar-refractivity contribution in [2.75, 3.05) is 13.1 Å². The van der Waals surface area contributed by atoms with Crippen LogP contribution in [-0.4, -0.2) is 18.9 Å². The minimum absolute atomic E-state index is 0. The molecule has 0 aliphatic carbocycles. The summed E-state index contributed by atoms with van der Waals surface area (Å²) in [5, 5.41) is 3.35. The van der Waals surface area contributed by atoms with Gasteiger partial charge in [-0.2, -0.15) is 0 Å². The maximum Gasteiger partial charge on any atom is 0.101 e. The molecule has 20 heavy (non-hydrogen) atoms. The van der Waals surface area contributed by atoms with Crippen LogP contribution in [-0.2, 0) is 31.3 Å². The molecule has 0 bridgehead atoms. The fourth-order valence-corrected chi connectivity index (χ4v) is 2.44. The molecular formula is C16H25ClN2Zn. The number of aliphatic imine (C=N–C) groups is 1. The fourth-order valence-electron chi connectivity index (χ4n) is 2.44. The van der Waals surface area contributed by atoms with E-state index in [1.165, 1.54) is 22.3 Å². The van der Waals surface area contributed by atoms with E-state index in [4.69, 9.17) is 0 Å². The quantitative estimate of drug-likeness (QED) is 0.814. The first-order chi connectivity index (χ1) is 8.38. The number of benzene rings is 1. The predicted molar refractivity (Wildman–Crippen MR) is 85.9 cm³/mol. The van der Waals surface area contributed by atoms with Crippen molar-refractivity contribution < 1.29 is 19.5 Å². The third-order valence-corrected chi connectivity index (χ3v) is 3.65. The standard InChI is InChI=1S/C16H24N2.ClH.Zn/c1-11-8-13(16(3,4)5)9-12(2)14(11)10-15-17-6-7-18-15;;/h8-9H,6-7,10H2,1-5H3,(H,17,18);1H;. The number of halogens is 1. The molecule has 0 saturated carbocycles. The first-order valence-corrected chi connectivity index (χ1v) is 6.76. The Balaban J connectivity index is 0.00000180. The van der Waals surface area contributed by atoms with E-state index >= 15 is 0 Å². The van der Waals surface area contributed by atoms with E-state index in [1.54, 1.807) is 0 Å². The number of hydrogen-bond acceptors (Lipinski definition) is 2. The third kappa shape index (κ3) is 4.57. The summed E-state index contributed by atoms with van der Waals surface area (Å²) in [6, 6.07) is 4.66. The molecule has 0 amide bonds. The van der Waals surface area contributed by atoms with Gasteiger partial charge in [0.2, 0.25) is 0 Å². The van der Waals surface area contributed by atoms with Crippen molar-refractivity contribution >= 4 is 18.2 Å². The number of amidine groups is 1. The summed E-state index contributed by atoms with van der Waals surface area (Å²) in [6.07, 6.45) is 0.947. The van der Waals surface area contributed by atoms with E-state index in [1.807, 2.05) is 0 Å². The Morgan fingerprint density at radius 1 is 1.15 bits per heavy atom. The first kappa shape index (κ1) is 19.6. The molecule has 1 N–H and O–H groups in total. The zero-order chi connectivity index (χ0) is 13.3. The number of hydrogen-bond donors (Lipinski definition) is 1. The molecule has 0 aromatic heterocycles. The van der Waals surface area contributed by atoms with Gasteiger partial charge in [-0.05, 0) is 41.5 Å². The maximum atomic E-state index is 4.49. The molecule has 108 valence electrons. The Morgan fingerprint density at radius 2 is 1.70 bits per heavy atom. The Morgan fingerprint density at radius 3 is 2.10 bits per heavy atom. The van der Waals surface area contributed by atoms with Crippen LogP contribution in [0.2, 0.25) is 0 Å². The van der Waals surface area contributed by atoms with E-state index in [9.17, 15) is 0 Å². The SMILES string of the molecule is Cc1cc(C(C)(C)C)cc(C)c1CC1=NCCN1.Cl.[Zn]. The monoisotopic (exact) mass is 344 g/mol. The van der Waals surface area contributed by atoms with Gasteiger partial charge < -0.3 is 5.32 Å². The molecular weight excluding hydrogens is 321 g/mol. The van der Waals surface area contributed by atoms with Crippen LogP contribution in [0.4, 0.5) is 0 Å². The molecule has 4 heteroatoms.